The van der Waals surface area contributed by atoms with E-state index in [2.05, 4.69) is 74.6 Å². The van der Waals surface area contributed by atoms with Crippen molar-refractivity contribution in [3.8, 4) is 0 Å². The molecule has 0 amide bonds. The van der Waals surface area contributed by atoms with Crippen LogP contribution in [-0.4, -0.2) is 23.1 Å². The third-order valence-electron chi connectivity index (χ3n) is 8.75. The summed E-state index contributed by atoms with van der Waals surface area (Å²) >= 11 is 0. The number of ether oxygens (including phenoxy) is 1. The molecular formula is C44H76O4. The molecule has 1 atom stereocenters. The van der Waals surface area contributed by atoms with Gasteiger partial charge in [-0.25, -0.2) is 0 Å². The van der Waals surface area contributed by atoms with E-state index in [9.17, 15) is 9.59 Å². The normalized spacial score (nSPS) is 12.9. The summed E-state index contributed by atoms with van der Waals surface area (Å²) in [5.41, 5.74) is 0. The van der Waals surface area contributed by atoms with Gasteiger partial charge in [0.05, 0.1) is 0 Å². The van der Waals surface area contributed by atoms with Crippen molar-refractivity contribution in [2.75, 3.05) is 0 Å². The van der Waals surface area contributed by atoms with Gasteiger partial charge in [0.15, 0.2) is 0 Å². The molecular weight excluding hydrogens is 592 g/mol. The van der Waals surface area contributed by atoms with Gasteiger partial charge in [-0.1, -0.05) is 171 Å². The van der Waals surface area contributed by atoms with Crippen LogP contribution in [0.25, 0.3) is 0 Å². The summed E-state index contributed by atoms with van der Waals surface area (Å²) < 4.78 is 5.88. The van der Waals surface area contributed by atoms with Crippen molar-refractivity contribution in [3.63, 3.8) is 0 Å². The zero-order valence-electron chi connectivity index (χ0n) is 31.5. The number of unbranched alkanes of at least 4 members (excludes halogenated alkanes) is 17. The topological polar surface area (TPSA) is 63.6 Å². The van der Waals surface area contributed by atoms with Crippen LogP contribution in [0.5, 0.6) is 0 Å². The van der Waals surface area contributed by atoms with E-state index in [1.54, 1.807) is 0 Å². The first kappa shape index (κ1) is 45.6. The number of carboxylic acid groups (broad SMARTS) is 1. The Morgan fingerprint density at radius 3 is 1.31 bits per heavy atom. The number of carboxylic acids is 1. The zero-order chi connectivity index (χ0) is 35.0. The summed E-state index contributed by atoms with van der Waals surface area (Å²) in [6.07, 6.45) is 53.8. The number of carbonyl (C=O) groups is 2. The molecule has 0 bridgehead atoms. The van der Waals surface area contributed by atoms with Gasteiger partial charge in [0.2, 0.25) is 0 Å². The van der Waals surface area contributed by atoms with E-state index in [-0.39, 0.29) is 18.5 Å². The fraction of sp³-hybridized carbons (Fsp3) is 0.727. The van der Waals surface area contributed by atoms with Gasteiger partial charge in [-0.15, -0.1) is 0 Å². The molecule has 0 aromatic heterocycles. The monoisotopic (exact) mass is 669 g/mol. The number of aliphatic carboxylic acids is 1. The van der Waals surface area contributed by atoms with Crippen LogP contribution in [0.3, 0.4) is 0 Å². The summed E-state index contributed by atoms with van der Waals surface area (Å²) in [6, 6.07) is 0. The van der Waals surface area contributed by atoms with Gasteiger partial charge in [-0.05, 0) is 77.0 Å². The molecule has 1 unspecified atom stereocenters. The Kier molecular flexibility index (Phi) is 37.2. The molecule has 0 aliphatic heterocycles. The SMILES string of the molecule is CC/C=C\C/C=C\C/C=C\C/C=C\C/C=C\CCCC(=O)OC(CCCCCCCCCCCCCCCCCC)CCCCC(=O)O. The lowest BCUT2D eigenvalue weighted by molar-refractivity contribution is -0.150. The van der Waals surface area contributed by atoms with E-state index in [0.717, 1.165) is 70.6 Å². The molecule has 0 spiro atoms. The Morgan fingerprint density at radius 1 is 0.479 bits per heavy atom. The van der Waals surface area contributed by atoms with Gasteiger partial charge in [-0.2, -0.15) is 0 Å². The van der Waals surface area contributed by atoms with E-state index in [0.29, 0.717) is 12.8 Å². The van der Waals surface area contributed by atoms with Gasteiger partial charge in [-0.3, -0.25) is 9.59 Å². The minimum absolute atomic E-state index is 0.0772. The molecule has 4 nitrogen and oxygen atoms in total. The van der Waals surface area contributed by atoms with E-state index >= 15 is 0 Å². The maximum Gasteiger partial charge on any atom is 0.306 e. The van der Waals surface area contributed by atoms with Gasteiger partial charge in [0.25, 0.3) is 0 Å². The van der Waals surface area contributed by atoms with Crippen LogP contribution < -0.4 is 0 Å². The lowest BCUT2D eigenvalue weighted by Gasteiger charge is -2.18. The molecule has 48 heavy (non-hydrogen) atoms. The Morgan fingerprint density at radius 2 is 0.875 bits per heavy atom. The Labute approximate surface area is 297 Å². The molecule has 0 rings (SSSR count). The molecule has 276 valence electrons. The third-order valence-corrected chi connectivity index (χ3v) is 8.75. The van der Waals surface area contributed by atoms with E-state index in [4.69, 9.17) is 9.84 Å². The molecule has 0 saturated carbocycles. The van der Waals surface area contributed by atoms with Crippen LogP contribution in [0.15, 0.2) is 60.8 Å². The van der Waals surface area contributed by atoms with Crippen molar-refractivity contribution in [1.29, 1.82) is 0 Å². The fourth-order valence-electron chi connectivity index (χ4n) is 5.81. The number of rotatable bonds is 36. The van der Waals surface area contributed by atoms with Crippen molar-refractivity contribution in [2.24, 2.45) is 0 Å². The van der Waals surface area contributed by atoms with Gasteiger partial charge < -0.3 is 9.84 Å². The van der Waals surface area contributed by atoms with Crippen molar-refractivity contribution in [1.82, 2.24) is 0 Å². The maximum atomic E-state index is 12.6. The second-order valence-corrected chi connectivity index (χ2v) is 13.4. The molecule has 0 saturated heterocycles. The molecule has 0 radical (unpaired) electrons. The van der Waals surface area contributed by atoms with Gasteiger partial charge in [0, 0.05) is 12.8 Å². The minimum Gasteiger partial charge on any atom is -0.481 e. The lowest BCUT2D eigenvalue weighted by atomic mass is 10.0. The summed E-state index contributed by atoms with van der Waals surface area (Å²) in [5.74, 6) is -0.863. The standard InChI is InChI=1S/C44H76O4/c1-3-5-7-9-11-13-15-17-19-21-23-25-27-29-31-33-35-41-44(47)48-42(39-36-37-40-43(45)46)38-34-32-30-28-26-24-22-20-18-16-14-12-10-8-6-4-2/h5,7,11,13,17,19,23,25,29,31,42H,3-4,6,8-10,12,14-16,18,20-22,24,26-28,30,32-41H2,1-2H3,(H,45,46)/b7-5-,13-11-,19-17-,25-23-,31-29-. The van der Waals surface area contributed by atoms with Crippen LogP contribution in [0.4, 0.5) is 0 Å². The van der Waals surface area contributed by atoms with Crippen LogP contribution in [0, 0.1) is 0 Å². The average molecular weight is 669 g/mol. The van der Waals surface area contributed by atoms with Crippen molar-refractivity contribution in [3.05, 3.63) is 60.8 Å². The number of hydrogen-bond donors (Lipinski definition) is 1. The molecule has 1 N–H and O–H groups in total. The first-order chi connectivity index (χ1) is 23.6. The average Bonchev–Trinajstić information content (AvgIpc) is 3.07. The number of carbonyl (C=O) groups excluding carboxylic acids is 1. The highest BCUT2D eigenvalue weighted by atomic mass is 16.5. The molecule has 0 heterocycles. The second-order valence-electron chi connectivity index (χ2n) is 13.4. The Hall–Kier alpha value is -2.36. The van der Waals surface area contributed by atoms with Crippen LogP contribution >= 0.6 is 0 Å². The van der Waals surface area contributed by atoms with E-state index < -0.39 is 5.97 Å². The first-order valence-electron chi connectivity index (χ1n) is 20.3. The largest absolute Gasteiger partial charge is 0.481 e. The highest BCUT2D eigenvalue weighted by Crippen LogP contribution is 2.18. The summed E-state index contributed by atoms with van der Waals surface area (Å²) in [4.78, 5) is 23.5. The lowest BCUT2D eigenvalue weighted by Crippen LogP contribution is -2.18. The summed E-state index contributed by atoms with van der Waals surface area (Å²) in [7, 11) is 0. The third kappa shape index (κ3) is 38.1. The predicted molar refractivity (Wildman–Crippen MR) is 208 cm³/mol. The molecule has 0 aliphatic carbocycles. The molecule has 0 aromatic rings. The minimum atomic E-state index is -0.753. The van der Waals surface area contributed by atoms with Crippen molar-refractivity contribution < 1.29 is 19.4 Å². The van der Waals surface area contributed by atoms with Gasteiger partial charge in [0.1, 0.15) is 6.10 Å². The second kappa shape index (κ2) is 39.1. The quantitative estimate of drug-likeness (QED) is 0.0410. The van der Waals surface area contributed by atoms with Crippen molar-refractivity contribution in [2.45, 2.75) is 206 Å². The molecule has 4 heteroatoms. The van der Waals surface area contributed by atoms with E-state index in [1.807, 2.05) is 0 Å². The number of esters is 1. The molecule has 0 aromatic carbocycles. The van der Waals surface area contributed by atoms with Crippen LogP contribution in [0.1, 0.15) is 200 Å². The van der Waals surface area contributed by atoms with E-state index in [1.165, 1.54) is 96.3 Å². The van der Waals surface area contributed by atoms with Crippen LogP contribution in [0.2, 0.25) is 0 Å². The summed E-state index contributed by atoms with van der Waals surface area (Å²) in [6.45, 7) is 4.43. The first-order valence-corrected chi connectivity index (χ1v) is 20.3. The zero-order valence-corrected chi connectivity index (χ0v) is 31.5. The molecule has 0 fully saturated rings. The van der Waals surface area contributed by atoms with Crippen LogP contribution in [-0.2, 0) is 14.3 Å². The number of allylic oxidation sites excluding steroid dienone is 10. The highest BCUT2D eigenvalue weighted by molar-refractivity contribution is 5.69. The predicted octanol–water partition coefficient (Wildman–Crippen LogP) is 14.1. The Balaban J connectivity index is 4.00. The maximum absolute atomic E-state index is 12.6. The highest BCUT2D eigenvalue weighted by Gasteiger charge is 2.14. The smallest absolute Gasteiger partial charge is 0.306 e. The van der Waals surface area contributed by atoms with Crippen molar-refractivity contribution >= 4 is 11.9 Å². The van der Waals surface area contributed by atoms with Gasteiger partial charge >= 0.3 is 11.9 Å². The summed E-state index contributed by atoms with van der Waals surface area (Å²) in [5, 5.41) is 8.96. The molecule has 0 aliphatic rings. The fourth-order valence-corrected chi connectivity index (χ4v) is 5.81. The Bertz CT molecular complexity index is 850. The number of hydrogen-bond acceptors (Lipinski definition) is 3.